The summed E-state index contributed by atoms with van der Waals surface area (Å²) < 4.78 is 0. The highest BCUT2D eigenvalue weighted by molar-refractivity contribution is 5.32. The van der Waals surface area contributed by atoms with Gasteiger partial charge in [-0.1, -0.05) is 6.08 Å². The van der Waals surface area contributed by atoms with Gasteiger partial charge in [-0.2, -0.15) is 0 Å². The standard InChI is InChI=1S/C8H10N2/c1-2-3-7-4-5-10-8(9)6-7/h2,4-6H,1,3H2,(H2,9,10). The lowest BCUT2D eigenvalue weighted by molar-refractivity contribution is 1.22. The molecule has 2 N–H and O–H groups in total. The number of pyridine rings is 1. The zero-order valence-electron chi connectivity index (χ0n) is 5.75. The van der Waals surface area contributed by atoms with Crippen LogP contribution in [-0.4, -0.2) is 4.98 Å². The molecule has 0 atom stereocenters. The molecule has 0 spiro atoms. The molecule has 0 unspecified atom stereocenters. The molecule has 0 bridgehead atoms. The number of hydrogen-bond acceptors (Lipinski definition) is 2. The molecule has 0 aliphatic carbocycles. The van der Waals surface area contributed by atoms with Crippen molar-refractivity contribution in [3.8, 4) is 0 Å². The summed E-state index contributed by atoms with van der Waals surface area (Å²) in [6, 6.07) is 3.78. The molecule has 0 radical (unpaired) electrons. The molecule has 1 heterocycles. The van der Waals surface area contributed by atoms with Crippen LogP contribution in [0.1, 0.15) is 5.56 Å². The first-order valence-electron chi connectivity index (χ1n) is 3.14. The molecule has 10 heavy (non-hydrogen) atoms. The average Bonchev–Trinajstić information content (AvgIpc) is 1.88. The molecular weight excluding hydrogens is 124 g/mol. The molecule has 2 heteroatoms. The van der Waals surface area contributed by atoms with E-state index in [-0.39, 0.29) is 0 Å². The van der Waals surface area contributed by atoms with Crippen LogP contribution in [0.4, 0.5) is 5.82 Å². The Kier molecular flexibility index (Phi) is 2.05. The van der Waals surface area contributed by atoms with E-state index in [0.717, 1.165) is 12.0 Å². The van der Waals surface area contributed by atoms with Crippen molar-refractivity contribution in [1.82, 2.24) is 4.98 Å². The average molecular weight is 134 g/mol. The summed E-state index contributed by atoms with van der Waals surface area (Å²) in [5.41, 5.74) is 6.60. The maximum atomic E-state index is 5.44. The van der Waals surface area contributed by atoms with Gasteiger partial charge in [0.1, 0.15) is 5.82 Å². The molecule has 1 aromatic heterocycles. The van der Waals surface area contributed by atoms with E-state index in [4.69, 9.17) is 5.73 Å². The van der Waals surface area contributed by atoms with Gasteiger partial charge in [0.25, 0.3) is 0 Å². The van der Waals surface area contributed by atoms with Gasteiger partial charge in [0.05, 0.1) is 0 Å². The third-order valence-electron chi connectivity index (χ3n) is 1.23. The molecule has 0 saturated carbocycles. The van der Waals surface area contributed by atoms with E-state index >= 15 is 0 Å². The van der Waals surface area contributed by atoms with Crippen LogP contribution in [0.3, 0.4) is 0 Å². The van der Waals surface area contributed by atoms with Gasteiger partial charge in [0, 0.05) is 6.20 Å². The van der Waals surface area contributed by atoms with Crippen molar-refractivity contribution in [2.45, 2.75) is 6.42 Å². The number of rotatable bonds is 2. The number of nitrogen functional groups attached to an aromatic ring is 1. The summed E-state index contributed by atoms with van der Waals surface area (Å²) in [7, 11) is 0. The fourth-order valence-corrected chi connectivity index (χ4v) is 0.788. The number of hydrogen-bond donors (Lipinski definition) is 1. The highest BCUT2D eigenvalue weighted by atomic mass is 14.8. The molecule has 0 fully saturated rings. The highest BCUT2D eigenvalue weighted by Gasteiger charge is 1.88. The summed E-state index contributed by atoms with van der Waals surface area (Å²) in [6.45, 7) is 3.62. The smallest absolute Gasteiger partial charge is 0.123 e. The summed E-state index contributed by atoms with van der Waals surface area (Å²) in [6.07, 6.45) is 4.40. The normalized spacial score (nSPS) is 9.20. The van der Waals surface area contributed by atoms with Crippen LogP contribution in [0.5, 0.6) is 0 Å². The van der Waals surface area contributed by atoms with Crippen molar-refractivity contribution < 1.29 is 0 Å². The first-order chi connectivity index (χ1) is 4.83. The molecular formula is C8H10N2. The second-order valence-electron chi connectivity index (χ2n) is 2.08. The van der Waals surface area contributed by atoms with Gasteiger partial charge in [-0.15, -0.1) is 6.58 Å². The van der Waals surface area contributed by atoms with Gasteiger partial charge >= 0.3 is 0 Å². The van der Waals surface area contributed by atoms with Gasteiger partial charge in [-0.05, 0) is 24.1 Å². The summed E-state index contributed by atoms with van der Waals surface area (Å²) >= 11 is 0. The van der Waals surface area contributed by atoms with Gasteiger partial charge in [0.15, 0.2) is 0 Å². The van der Waals surface area contributed by atoms with Gasteiger partial charge in [-0.3, -0.25) is 0 Å². The van der Waals surface area contributed by atoms with E-state index in [1.54, 1.807) is 6.20 Å². The summed E-state index contributed by atoms with van der Waals surface area (Å²) in [4.78, 5) is 3.87. The second kappa shape index (κ2) is 3.01. The molecule has 0 aromatic carbocycles. The van der Waals surface area contributed by atoms with E-state index in [0.29, 0.717) is 5.82 Å². The Morgan fingerprint density at radius 2 is 2.50 bits per heavy atom. The zero-order chi connectivity index (χ0) is 7.40. The van der Waals surface area contributed by atoms with Gasteiger partial charge in [0.2, 0.25) is 0 Å². The third kappa shape index (κ3) is 1.58. The Bertz CT molecular complexity index is 230. The predicted molar refractivity (Wildman–Crippen MR) is 42.6 cm³/mol. The van der Waals surface area contributed by atoms with Crippen molar-refractivity contribution in [3.05, 3.63) is 36.5 Å². The van der Waals surface area contributed by atoms with Crippen LogP contribution in [0.25, 0.3) is 0 Å². The number of aromatic nitrogens is 1. The molecule has 2 nitrogen and oxygen atoms in total. The van der Waals surface area contributed by atoms with E-state index in [1.807, 2.05) is 18.2 Å². The van der Waals surface area contributed by atoms with Crippen LogP contribution in [0.15, 0.2) is 31.0 Å². The molecule has 1 rings (SSSR count). The van der Waals surface area contributed by atoms with Gasteiger partial charge < -0.3 is 5.73 Å². The van der Waals surface area contributed by atoms with Crippen LogP contribution in [0, 0.1) is 0 Å². The van der Waals surface area contributed by atoms with Crippen molar-refractivity contribution in [2.75, 3.05) is 5.73 Å². The first-order valence-corrected chi connectivity index (χ1v) is 3.14. The fraction of sp³-hybridized carbons (Fsp3) is 0.125. The predicted octanol–water partition coefficient (Wildman–Crippen LogP) is 1.39. The molecule has 0 saturated heterocycles. The lowest BCUT2D eigenvalue weighted by atomic mass is 10.2. The molecule has 0 amide bonds. The highest BCUT2D eigenvalue weighted by Crippen LogP contribution is 2.03. The Labute approximate surface area is 60.4 Å². The zero-order valence-corrected chi connectivity index (χ0v) is 5.75. The lowest BCUT2D eigenvalue weighted by Crippen LogP contribution is -1.90. The van der Waals surface area contributed by atoms with Gasteiger partial charge in [-0.25, -0.2) is 4.98 Å². The van der Waals surface area contributed by atoms with E-state index in [1.165, 1.54) is 0 Å². The monoisotopic (exact) mass is 134 g/mol. The minimum absolute atomic E-state index is 0.569. The number of anilines is 1. The van der Waals surface area contributed by atoms with E-state index in [9.17, 15) is 0 Å². The quantitative estimate of drug-likeness (QED) is 0.621. The van der Waals surface area contributed by atoms with Crippen molar-refractivity contribution in [1.29, 1.82) is 0 Å². The number of allylic oxidation sites excluding steroid dienone is 1. The molecule has 0 aliphatic rings. The van der Waals surface area contributed by atoms with Crippen LogP contribution in [-0.2, 0) is 6.42 Å². The minimum atomic E-state index is 0.569. The van der Waals surface area contributed by atoms with E-state index < -0.39 is 0 Å². The Morgan fingerprint density at radius 1 is 1.70 bits per heavy atom. The maximum absolute atomic E-state index is 5.44. The summed E-state index contributed by atoms with van der Waals surface area (Å²) in [5, 5.41) is 0. The Morgan fingerprint density at radius 3 is 3.10 bits per heavy atom. The van der Waals surface area contributed by atoms with Crippen molar-refractivity contribution in [3.63, 3.8) is 0 Å². The second-order valence-corrected chi connectivity index (χ2v) is 2.08. The minimum Gasteiger partial charge on any atom is -0.384 e. The lowest BCUT2D eigenvalue weighted by Gasteiger charge is -1.95. The molecule has 52 valence electrons. The summed E-state index contributed by atoms with van der Waals surface area (Å²) in [5.74, 6) is 0.569. The van der Waals surface area contributed by atoms with Crippen molar-refractivity contribution >= 4 is 5.82 Å². The van der Waals surface area contributed by atoms with Crippen molar-refractivity contribution in [2.24, 2.45) is 0 Å². The number of nitrogens with zero attached hydrogens (tertiary/aromatic N) is 1. The molecule has 1 aromatic rings. The Balaban J connectivity index is 2.84. The SMILES string of the molecule is C=CCc1ccnc(N)c1. The third-order valence-corrected chi connectivity index (χ3v) is 1.23. The van der Waals surface area contributed by atoms with Crippen LogP contribution >= 0.6 is 0 Å². The fourth-order valence-electron chi connectivity index (χ4n) is 0.788. The van der Waals surface area contributed by atoms with Crippen LogP contribution in [0.2, 0.25) is 0 Å². The first kappa shape index (κ1) is 6.81. The number of nitrogens with two attached hydrogens (primary N) is 1. The topological polar surface area (TPSA) is 38.9 Å². The Hall–Kier alpha value is -1.31. The molecule has 0 aliphatic heterocycles. The largest absolute Gasteiger partial charge is 0.384 e. The van der Waals surface area contributed by atoms with E-state index in [2.05, 4.69) is 11.6 Å². The maximum Gasteiger partial charge on any atom is 0.123 e. The van der Waals surface area contributed by atoms with Crippen LogP contribution < -0.4 is 5.73 Å².